The second-order valence-electron chi connectivity index (χ2n) is 5.24. The molecule has 0 amide bonds. The Bertz CT molecular complexity index is 304. The lowest BCUT2D eigenvalue weighted by Gasteiger charge is -2.17. The normalized spacial score (nSPS) is 13.2. The maximum absolute atomic E-state index is 4.42. The predicted molar refractivity (Wildman–Crippen MR) is 73.3 cm³/mol. The SMILES string of the molecule is CCCc1nccn1C(C)CNCCC(C)C. The topological polar surface area (TPSA) is 29.9 Å². The van der Waals surface area contributed by atoms with Crippen molar-refractivity contribution in [1.29, 1.82) is 0 Å². The molecule has 0 saturated heterocycles. The zero-order chi connectivity index (χ0) is 12.7. The van der Waals surface area contributed by atoms with Crippen molar-refractivity contribution in [2.75, 3.05) is 13.1 Å². The Morgan fingerprint density at radius 2 is 2.12 bits per heavy atom. The lowest BCUT2D eigenvalue weighted by molar-refractivity contribution is 0.456. The molecule has 0 fully saturated rings. The Hall–Kier alpha value is -0.830. The minimum atomic E-state index is 0.492. The molecule has 1 heterocycles. The van der Waals surface area contributed by atoms with E-state index in [1.807, 2.05) is 6.20 Å². The van der Waals surface area contributed by atoms with Crippen LogP contribution in [-0.4, -0.2) is 22.6 Å². The molecule has 0 aliphatic carbocycles. The third-order valence-corrected chi connectivity index (χ3v) is 3.04. The van der Waals surface area contributed by atoms with Crippen LogP contribution >= 0.6 is 0 Å². The highest BCUT2D eigenvalue weighted by molar-refractivity contribution is 4.95. The highest BCUT2D eigenvalue weighted by Gasteiger charge is 2.08. The van der Waals surface area contributed by atoms with Gasteiger partial charge in [-0.15, -0.1) is 0 Å². The summed E-state index contributed by atoms with van der Waals surface area (Å²) in [5, 5.41) is 3.53. The molecule has 1 atom stereocenters. The quantitative estimate of drug-likeness (QED) is 0.704. The van der Waals surface area contributed by atoms with Gasteiger partial charge < -0.3 is 9.88 Å². The molecule has 98 valence electrons. The van der Waals surface area contributed by atoms with Gasteiger partial charge in [-0.05, 0) is 32.2 Å². The Morgan fingerprint density at radius 1 is 1.35 bits per heavy atom. The number of rotatable bonds is 8. The van der Waals surface area contributed by atoms with Crippen molar-refractivity contribution >= 4 is 0 Å². The minimum absolute atomic E-state index is 0.492. The predicted octanol–water partition coefficient (Wildman–Crippen LogP) is 3.03. The van der Waals surface area contributed by atoms with Crippen molar-refractivity contribution in [2.45, 2.75) is 53.0 Å². The molecule has 1 rings (SSSR count). The highest BCUT2D eigenvalue weighted by atomic mass is 15.1. The van der Waals surface area contributed by atoms with Crippen LogP contribution in [0.1, 0.15) is 52.4 Å². The summed E-state index contributed by atoms with van der Waals surface area (Å²) in [5.74, 6) is 1.99. The number of aromatic nitrogens is 2. The summed E-state index contributed by atoms with van der Waals surface area (Å²) in [4.78, 5) is 4.42. The van der Waals surface area contributed by atoms with Crippen LogP contribution in [0.5, 0.6) is 0 Å². The van der Waals surface area contributed by atoms with Gasteiger partial charge in [-0.1, -0.05) is 20.8 Å². The van der Waals surface area contributed by atoms with E-state index < -0.39 is 0 Å². The average molecular weight is 237 g/mol. The first-order valence-electron chi connectivity index (χ1n) is 6.87. The molecule has 1 N–H and O–H groups in total. The third kappa shape index (κ3) is 4.90. The fraction of sp³-hybridized carbons (Fsp3) is 0.786. The molecule has 3 nitrogen and oxygen atoms in total. The van der Waals surface area contributed by atoms with E-state index in [1.165, 1.54) is 12.2 Å². The van der Waals surface area contributed by atoms with Crippen LogP contribution in [0.4, 0.5) is 0 Å². The number of hydrogen-bond acceptors (Lipinski definition) is 2. The lowest BCUT2D eigenvalue weighted by atomic mass is 10.1. The molecule has 0 aliphatic heterocycles. The molecule has 0 aromatic carbocycles. The Balaban J connectivity index is 2.35. The zero-order valence-electron chi connectivity index (χ0n) is 11.7. The molecule has 1 aromatic rings. The second kappa shape index (κ2) is 7.49. The molecule has 0 bridgehead atoms. The van der Waals surface area contributed by atoms with Gasteiger partial charge in [0.2, 0.25) is 0 Å². The van der Waals surface area contributed by atoms with E-state index in [4.69, 9.17) is 0 Å². The molecular weight excluding hydrogens is 210 g/mol. The minimum Gasteiger partial charge on any atom is -0.331 e. The van der Waals surface area contributed by atoms with E-state index in [0.717, 1.165) is 31.8 Å². The maximum atomic E-state index is 4.42. The van der Waals surface area contributed by atoms with Gasteiger partial charge in [-0.25, -0.2) is 4.98 Å². The van der Waals surface area contributed by atoms with Gasteiger partial charge in [0.05, 0.1) is 0 Å². The Morgan fingerprint density at radius 3 is 2.76 bits per heavy atom. The molecule has 1 aromatic heterocycles. The molecule has 0 spiro atoms. The van der Waals surface area contributed by atoms with Crippen molar-refractivity contribution < 1.29 is 0 Å². The van der Waals surface area contributed by atoms with E-state index in [2.05, 4.69) is 48.8 Å². The van der Waals surface area contributed by atoms with Gasteiger partial charge in [0.1, 0.15) is 5.82 Å². The van der Waals surface area contributed by atoms with Crippen LogP contribution in [-0.2, 0) is 6.42 Å². The summed E-state index contributed by atoms with van der Waals surface area (Å²) < 4.78 is 2.30. The smallest absolute Gasteiger partial charge is 0.108 e. The third-order valence-electron chi connectivity index (χ3n) is 3.04. The molecule has 1 unspecified atom stereocenters. The second-order valence-corrected chi connectivity index (χ2v) is 5.24. The summed E-state index contributed by atoms with van der Waals surface area (Å²) in [6, 6.07) is 0.492. The number of hydrogen-bond donors (Lipinski definition) is 1. The number of imidazole rings is 1. The zero-order valence-corrected chi connectivity index (χ0v) is 11.7. The summed E-state index contributed by atoms with van der Waals surface area (Å²) in [6.07, 6.45) is 7.49. The summed E-state index contributed by atoms with van der Waals surface area (Å²) in [6.45, 7) is 11.1. The molecule has 17 heavy (non-hydrogen) atoms. The van der Waals surface area contributed by atoms with Crippen LogP contribution in [0.15, 0.2) is 12.4 Å². The molecule has 0 saturated carbocycles. The van der Waals surface area contributed by atoms with Crippen molar-refractivity contribution in [2.24, 2.45) is 5.92 Å². The molecule has 0 radical (unpaired) electrons. The van der Waals surface area contributed by atoms with E-state index in [1.54, 1.807) is 0 Å². The van der Waals surface area contributed by atoms with Gasteiger partial charge in [0, 0.05) is 31.4 Å². The number of nitrogens with zero attached hydrogens (tertiary/aromatic N) is 2. The van der Waals surface area contributed by atoms with Crippen molar-refractivity contribution in [1.82, 2.24) is 14.9 Å². The van der Waals surface area contributed by atoms with Gasteiger partial charge in [-0.2, -0.15) is 0 Å². The van der Waals surface area contributed by atoms with Gasteiger partial charge >= 0.3 is 0 Å². The monoisotopic (exact) mass is 237 g/mol. The van der Waals surface area contributed by atoms with Gasteiger partial charge in [-0.3, -0.25) is 0 Å². The fourth-order valence-electron chi connectivity index (χ4n) is 1.96. The van der Waals surface area contributed by atoms with Crippen LogP contribution in [0.2, 0.25) is 0 Å². The fourth-order valence-corrected chi connectivity index (χ4v) is 1.96. The largest absolute Gasteiger partial charge is 0.331 e. The summed E-state index contributed by atoms with van der Waals surface area (Å²) >= 11 is 0. The van der Waals surface area contributed by atoms with Crippen LogP contribution in [0.3, 0.4) is 0 Å². The van der Waals surface area contributed by atoms with Gasteiger partial charge in [0.25, 0.3) is 0 Å². The van der Waals surface area contributed by atoms with Crippen LogP contribution in [0.25, 0.3) is 0 Å². The van der Waals surface area contributed by atoms with Gasteiger partial charge in [0.15, 0.2) is 0 Å². The first kappa shape index (κ1) is 14.2. The molecular formula is C14H27N3. The first-order valence-corrected chi connectivity index (χ1v) is 6.87. The molecule has 3 heteroatoms. The van der Waals surface area contributed by atoms with Crippen molar-refractivity contribution in [3.63, 3.8) is 0 Å². The number of nitrogens with one attached hydrogen (secondary N) is 1. The Kier molecular flexibility index (Phi) is 6.27. The highest BCUT2D eigenvalue weighted by Crippen LogP contribution is 2.10. The van der Waals surface area contributed by atoms with E-state index >= 15 is 0 Å². The average Bonchev–Trinajstić information content (AvgIpc) is 2.72. The number of aryl methyl sites for hydroxylation is 1. The van der Waals surface area contributed by atoms with Crippen LogP contribution < -0.4 is 5.32 Å². The van der Waals surface area contributed by atoms with E-state index in [0.29, 0.717) is 6.04 Å². The maximum Gasteiger partial charge on any atom is 0.108 e. The lowest BCUT2D eigenvalue weighted by Crippen LogP contribution is -2.25. The Labute approximate surface area is 106 Å². The standard InChI is InChI=1S/C14H27N3/c1-5-6-14-16-9-10-17(14)13(4)11-15-8-7-12(2)3/h9-10,12-13,15H,5-8,11H2,1-4H3. The first-order chi connectivity index (χ1) is 8.15. The van der Waals surface area contributed by atoms with Crippen LogP contribution in [0, 0.1) is 5.92 Å². The summed E-state index contributed by atoms with van der Waals surface area (Å²) in [7, 11) is 0. The summed E-state index contributed by atoms with van der Waals surface area (Å²) in [5.41, 5.74) is 0. The van der Waals surface area contributed by atoms with E-state index in [9.17, 15) is 0 Å². The van der Waals surface area contributed by atoms with E-state index in [-0.39, 0.29) is 0 Å². The van der Waals surface area contributed by atoms with Crippen molar-refractivity contribution in [3.8, 4) is 0 Å². The molecule has 0 aliphatic rings. The van der Waals surface area contributed by atoms with Crippen molar-refractivity contribution in [3.05, 3.63) is 18.2 Å².